The third-order valence-electron chi connectivity index (χ3n) is 5.53. The van der Waals surface area contributed by atoms with E-state index in [-0.39, 0.29) is 5.97 Å². The number of esters is 2. The summed E-state index contributed by atoms with van der Waals surface area (Å²) in [4.78, 5) is 25.9. The molecule has 0 atom stereocenters. The highest BCUT2D eigenvalue weighted by Crippen LogP contribution is 2.39. The fourth-order valence-corrected chi connectivity index (χ4v) is 4.10. The summed E-state index contributed by atoms with van der Waals surface area (Å²) in [5.41, 5.74) is 4.90. The van der Waals surface area contributed by atoms with E-state index in [4.69, 9.17) is 9.47 Å². The molecule has 1 aliphatic rings. The Morgan fingerprint density at radius 3 is 2.13 bits per heavy atom. The molecule has 4 heteroatoms. The van der Waals surface area contributed by atoms with Crippen LogP contribution in [0.15, 0.2) is 30.3 Å². The van der Waals surface area contributed by atoms with Gasteiger partial charge in [-0.3, -0.25) is 0 Å². The minimum atomic E-state index is -0.401. The zero-order valence-corrected chi connectivity index (χ0v) is 18.0. The molecule has 0 N–H and O–H groups in total. The summed E-state index contributed by atoms with van der Waals surface area (Å²) in [6.45, 7) is 2.12. The van der Waals surface area contributed by atoms with Gasteiger partial charge in [0.05, 0.1) is 25.3 Å². The minimum absolute atomic E-state index is 0.389. The molecule has 0 aromatic heterocycles. The van der Waals surface area contributed by atoms with Crippen LogP contribution in [0.1, 0.15) is 76.4 Å². The van der Waals surface area contributed by atoms with Gasteiger partial charge in [-0.2, -0.15) is 0 Å². The number of benzene rings is 2. The lowest BCUT2D eigenvalue weighted by atomic mass is 9.78. The van der Waals surface area contributed by atoms with E-state index < -0.39 is 5.97 Å². The number of carbonyl (C=O) groups excluding carboxylic acids is 2. The monoisotopic (exact) mass is 404 g/mol. The van der Waals surface area contributed by atoms with E-state index in [0.717, 1.165) is 61.6 Å². The van der Waals surface area contributed by atoms with Crippen molar-refractivity contribution in [1.29, 1.82) is 0 Å². The average molecular weight is 405 g/mol. The van der Waals surface area contributed by atoms with Crippen LogP contribution >= 0.6 is 0 Å². The molecule has 0 saturated carbocycles. The molecule has 0 unspecified atom stereocenters. The number of ether oxygens (including phenoxy) is 2. The molecule has 0 fully saturated rings. The van der Waals surface area contributed by atoms with Crippen LogP contribution in [0.4, 0.5) is 0 Å². The van der Waals surface area contributed by atoms with Crippen molar-refractivity contribution >= 4 is 11.9 Å². The molecule has 3 rings (SSSR count). The number of methoxy groups -OCH3 is 2. The van der Waals surface area contributed by atoms with Crippen LogP contribution in [-0.4, -0.2) is 26.2 Å². The quantitative estimate of drug-likeness (QED) is 0.383. The van der Waals surface area contributed by atoms with E-state index in [1.165, 1.54) is 14.2 Å². The van der Waals surface area contributed by atoms with Gasteiger partial charge in [0.2, 0.25) is 0 Å². The molecule has 0 bridgehead atoms. The first-order chi connectivity index (χ1) is 14.6. The first kappa shape index (κ1) is 21.6. The van der Waals surface area contributed by atoms with Gasteiger partial charge in [0.15, 0.2) is 0 Å². The minimum Gasteiger partial charge on any atom is -0.465 e. The van der Waals surface area contributed by atoms with Crippen molar-refractivity contribution in [1.82, 2.24) is 0 Å². The summed E-state index contributed by atoms with van der Waals surface area (Å²) in [6, 6.07) is 9.64. The number of hydrogen-bond acceptors (Lipinski definition) is 4. The van der Waals surface area contributed by atoms with E-state index in [2.05, 4.69) is 18.8 Å². The highest BCUT2D eigenvalue weighted by Gasteiger charge is 2.32. The van der Waals surface area contributed by atoms with Crippen LogP contribution in [0.25, 0.3) is 11.1 Å². The Labute approximate surface area is 178 Å². The molecule has 156 valence electrons. The zero-order chi connectivity index (χ0) is 21.5. The van der Waals surface area contributed by atoms with Crippen molar-refractivity contribution in [2.45, 2.75) is 51.9 Å². The van der Waals surface area contributed by atoms with Crippen LogP contribution in [0.5, 0.6) is 0 Å². The lowest BCUT2D eigenvalue weighted by Crippen LogP contribution is -2.21. The number of unbranched alkanes of at least 4 members (excludes halogenated alkanes) is 2. The summed E-state index contributed by atoms with van der Waals surface area (Å²) >= 11 is 0. The first-order valence-corrected chi connectivity index (χ1v) is 10.6. The second-order valence-electron chi connectivity index (χ2n) is 7.42. The van der Waals surface area contributed by atoms with Gasteiger partial charge in [0.25, 0.3) is 0 Å². The Morgan fingerprint density at radius 2 is 1.53 bits per heavy atom. The van der Waals surface area contributed by atoms with Crippen LogP contribution in [0, 0.1) is 11.8 Å². The Balaban J connectivity index is 2.44. The lowest BCUT2D eigenvalue weighted by Gasteiger charge is -2.26. The maximum absolute atomic E-state index is 13.0. The van der Waals surface area contributed by atoms with Gasteiger partial charge < -0.3 is 9.47 Å². The molecule has 2 aromatic rings. The maximum atomic E-state index is 13.0. The first-order valence-electron chi connectivity index (χ1n) is 10.6. The molecule has 0 amide bonds. The molecule has 30 heavy (non-hydrogen) atoms. The Morgan fingerprint density at radius 1 is 0.933 bits per heavy atom. The van der Waals surface area contributed by atoms with Crippen molar-refractivity contribution in [3.05, 3.63) is 58.1 Å². The van der Waals surface area contributed by atoms with Gasteiger partial charge in [-0.05, 0) is 48.8 Å². The summed E-state index contributed by atoms with van der Waals surface area (Å²) < 4.78 is 10.4. The molecule has 0 heterocycles. The molecule has 0 spiro atoms. The number of carbonyl (C=O) groups is 2. The number of fused-ring (bicyclic) bond motifs is 1. The van der Waals surface area contributed by atoms with Crippen molar-refractivity contribution in [3.8, 4) is 23.0 Å². The van der Waals surface area contributed by atoms with Gasteiger partial charge in [0, 0.05) is 17.5 Å². The highest BCUT2D eigenvalue weighted by atomic mass is 16.5. The molecule has 0 saturated heterocycles. The highest BCUT2D eigenvalue weighted by molar-refractivity contribution is 6.06. The topological polar surface area (TPSA) is 52.6 Å². The molecule has 1 aliphatic carbocycles. The molecule has 0 aliphatic heterocycles. The van der Waals surface area contributed by atoms with E-state index in [0.29, 0.717) is 22.3 Å². The second kappa shape index (κ2) is 10.1. The van der Waals surface area contributed by atoms with E-state index in [9.17, 15) is 9.59 Å². The van der Waals surface area contributed by atoms with Crippen molar-refractivity contribution in [3.63, 3.8) is 0 Å². The standard InChI is InChI=1S/C26H28O4/c1-4-5-6-10-17-21-22(18-13-8-7-9-14-18)24(26(28)30-3)20-16-12-11-15-19(20)23(21)25(27)29-2/h7-9,13-14H,4-6,11-12,15-16H2,1-3H3. The normalized spacial score (nSPS) is 12.4. The average Bonchev–Trinajstić information content (AvgIpc) is 2.80. The summed E-state index contributed by atoms with van der Waals surface area (Å²) in [5, 5.41) is 0. The van der Waals surface area contributed by atoms with E-state index in [1.807, 2.05) is 30.3 Å². The van der Waals surface area contributed by atoms with Gasteiger partial charge in [0.1, 0.15) is 0 Å². The third kappa shape index (κ3) is 4.26. The van der Waals surface area contributed by atoms with Crippen molar-refractivity contribution < 1.29 is 19.1 Å². The Bertz CT molecular complexity index is 993. The van der Waals surface area contributed by atoms with Crippen LogP contribution in [-0.2, 0) is 22.3 Å². The largest absolute Gasteiger partial charge is 0.465 e. The van der Waals surface area contributed by atoms with Gasteiger partial charge >= 0.3 is 11.9 Å². The SMILES string of the molecule is CCCCC#Cc1c(C(=O)OC)c2c(c(C(=O)OC)c1-c1ccccc1)CCCC2. The smallest absolute Gasteiger partial charge is 0.339 e. The maximum Gasteiger partial charge on any atom is 0.339 e. The van der Waals surface area contributed by atoms with Crippen LogP contribution in [0.3, 0.4) is 0 Å². The fraction of sp³-hybridized carbons (Fsp3) is 0.385. The summed E-state index contributed by atoms with van der Waals surface area (Å²) in [7, 11) is 2.79. The fourth-order valence-electron chi connectivity index (χ4n) is 4.10. The number of hydrogen-bond donors (Lipinski definition) is 0. The van der Waals surface area contributed by atoms with Gasteiger partial charge in [-0.25, -0.2) is 9.59 Å². The zero-order valence-electron chi connectivity index (χ0n) is 18.0. The number of rotatable bonds is 5. The summed E-state index contributed by atoms with van der Waals surface area (Å²) in [5.74, 6) is 5.66. The Kier molecular flexibility index (Phi) is 7.30. The van der Waals surface area contributed by atoms with E-state index in [1.54, 1.807) is 0 Å². The van der Waals surface area contributed by atoms with Crippen molar-refractivity contribution in [2.24, 2.45) is 0 Å². The van der Waals surface area contributed by atoms with Crippen molar-refractivity contribution in [2.75, 3.05) is 14.2 Å². The molecule has 4 nitrogen and oxygen atoms in total. The molecular formula is C26H28O4. The Hall–Kier alpha value is -3.06. The predicted molar refractivity (Wildman–Crippen MR) is 118 cm³/mol. The third-order valence-corrected chi connectivity index (χ3v) is 5.53. The van der Waals surface area contributed by atoms with Crippen LogP contribution in [0.2, 0.25) is 0 Å². The van der Waals surface area contributed by atoms with Gasteiger partial charge in [-0.15, -0.1) is 0 Å². The van der Waals surface area contributed by atoms with Gasteiger partial charge in [-0.1, -0.05) is 55.5 Å². The molecular weight excluding hydrogens is 376 g/mol. The summed E-state index contributed by atoms with van der Waals surface area (Å²) in [6.07, 6.45) is 6.14. The molecule has 0 radical (unpaired) electrons. The lowest BCUT2D eigenvalue weighted by molar-refractivity contribution is 0.0584. The van der Waals surface area contributed by atoms with Crippen LogP contribution < -0.4 is 0 Å². The van der Waals surface area contributed by atoms with E-state index >= 15 is 0 Å². The predicted octanol–water partition coefficient (Wildman–Crippen LogP) is 5.35. The molecule has 2 aromatic carbocycles. The second-order valence-corrected chi connectivity index (χ2v) is 7.42.